The number of carbonyl (C=O) groups excluding carboxylic acids is 2. The van der Waals surface area contributed by atoms with Gasteiger partial charge in [0.15, 0.2) is 5.78 Å². The van der Waals surface area contributed by atoms with Crippen LogP contribution in [0.4, 0.5) is 0 Å². The molecule has 1 heterocycles. The van der Waals surface area contributed by atoms with Crippen molar-refractivity contribution < 1.29 is 19.1 Å². The topological polar surface area (TPSA) is 64.6 Å². The van der Waals surface area contributed by atoms with Crippen LogP contribution in [0.2, 0.25) is 5.02 Å². The Morgan fingerprint density at radius 3 is 2.45 bits per heavy atom. The Kier molecular flexibility index (Phi) is 6.61. The Balaban J connectivity index is 1.59. The normalized spacial score (nSPS) is 19.6. The number of rotatable bonds is 6. The number of benzene rings is 2. The number of dihydropyridines is 1. The van der Waals surface area contributed by atoms with Gasteiger partial charge in [0.2, 0.25) is 0 Å². The van der Waals surface area contributed by atoms with Gasteiger partial charge >= 0.3 is 5.97 Å². The highest BCUT2D eigenvalue weighted by Crippen LogP contribution is 2.46. The summed E-state index contributed by atoms with van der Waals surface area (Å²) in [7, 11) is 0. The van der Waals surface area contributed by atoms with E-state index in [2.05, 4.69) is 19.2 Å². The van der Waals surface area contributed by atoms with Crippen LogP contribution in [-0.4, -0.2) is 25.0 Å². The van der Waals surface area contributed by atoms with Crippen molar-refractivity contribution in [1.29, 1.82) is 0 Å². The molecule has 0 saturated heterocycles. The molecule has 0 amide bonds. The van der Waals surface area contributed by atoms with Crippen molar-refractivity contribution in [3.63, 3.8) is 0 Å². The quantitative estimate of drug-likeness (QED) is 0.446. The number of allylic oxidation sites excluding steroid dienone is 3. The number of ether oxygens (including phenoxy) is 2. The van der Waals surface area contributed by atoms with E-state index < -0.39 is 11.9 Å². The number of carbonyl (C=O) groups is 2. The highest BCUT2D eigenvalue weighted by atomic mass is 35.5. The molecule has 6 heteroatoms. The maximum Gasteiger partial charge on any atom is 0.336 e. The molecule has 0 radical (unpaired) electrons. The zero-order valence-corrected chi connectivity index (χ0v) is 19.9. The first-order valence-electron chi connectivity index (χ1n) is 11.1. The molecule has 0 spiro atoms. The molecule has 5 nitrogen and oxygen atoms in total. The minimum absolute atomic E-state index is 0.0545. The summed E-state index contributed by atoms with van der Waals surface area (Å²) in [6.07, 6.45) is 1.17. The zero-order chi connectivity index (χ0) is 23.6. The van der Waals surface area contributed by atoms with Crippen LogP contribution in [0.5, 0.6) is 5.75 Å². The summed E-state index contributed by atoms with van der Waals surface area (Å²) >= 11 is 6.11. The number of halogens is 1. The van der Waals surface area contributed by atoms with Gasteiger partial charge in [-0.25, -0.2) is 4.79 Å². The van der Waals surface area contributed by atoms with E-state index in [0.717, 1.165) is 17.7 Å². The van der Waals surface area contributed by atoms with Gasteiger partial charge in [-0.1, -0.05) is 55.8 Å². The minimum atomic E-state index is -0.496. The summed E-state index contributed by atoms with van der Waals surface area (Å²) in [5.74, 6) is -0.183. The maximum atomic E-state index is 13.3. The monoisotopic (exact) mass is 465 g/mol. The molecule has 0 unspecified atom stereocenters. The molecule has 0 fully saturated rings. The Morgan fingerprint density at radius 1 is 1.06 bits per heavy atom. The van der Waals surface area contributed by atoms with Crippen molar-refractivity contribution in [3.8, 4) is 5.75 Å². The van der Waals surface area contributed by atoms with Crippen LogP contribution in [0.1, 0.15) is 45.1 Å². The Morgan fingerprint density at radius 2 is 1.76 bits per heavy atom. The molecule has 4 rings (SSSR count). The van der Waals surface area contributed by atoms with Crippen LogP contribution < -0.4 is 10.1 Å². The van der Waals surface area contributed by atoms with E-state index in [9.17, 15) is 9.59 Å². The Bertz CT molecular complexity index is 1120. The number of ketones is 1. The van der Waals surface area contributed by atoms with Crippen LogP contribution in [0.25, 0.3) is 0 Å². The third-order valence-electron chi connectivity index (χ3n) is 5.99. The molecule has 172 valence electrons. The largest absolute Gasteiger partial charge is 0.490 e. The second-order valence-corrected chi connectivity index (χ2v) is 9.72. The molecule has 2 aromatic carbocycles. The van der Waals surface area contributed by atoms with Crippen LogP contribution >= 0.6 is 11.6 Å². The van der Waals surface area contributed by atoms with Crippen molar-refractivity contribution in [2.24, 2.45) is 5.41 Å². The van der Waals surface area contributed by atoms with Gasteiger partial charge in [0.25, 0.3) is 0 Å². The second-order valence-electron chi connectivity index (χ2n) is 9.28. The average Bonchev–Trinajstić information content (AvgIpc) is 2.76. The van der Waals surface area contributed by atoms with Gasteiger partial charge in [-0.15, -0.1) is 0 Å². The summed E-state index contributed by atoms with van der Waals surface area (Å²) in [5.41, 5.74) is 3.39. The third-order valence-corrected chi connectivity index (χ3v) is 6.24. The number of para-hydroxylation sites is 1. The second kappa shape index (κ2) is 9.44. The molecular formula is C27H28ClNO4. The van der Waals surface area contributed by atoms with Crippen molar-refractivity contribution >= 4 is 23.4 Å². The number of hydrogen-bond donors (Lipinski definition) is 1. The fraction of sp³-hybridized carbons (Fsp3) is 0.333. The first-order chi connectivity index (χ1) is 15.7. The van der Waals surface area contributed by atoms with Crippen LogP contribution in [0.3, 0.4) is 0 Å². The highest BCUT2D eigenvalue weighted by Gasteiger charge is 2.43. The Labute approximate surface area is 199 Å². The summed E-state index contributed by atoms with van der Waals surface area (Å²) in [4.78, 5) is 26.5. The lowest BCUT2D eigenvalue weighted by atomic mass is 9.68. The van der Waals surface area contributed by atoms with E-state index >= 15 is 0 Å². The molecule has 0 saturated carbocycles. The van der Waals surface area contributed by atoms with E-state index in [1.54, 1.807) is 12.1 Å². The lowest BCUT2D eigenvalue weighted by Crippen LogP contribution is -2.38. The van der Waals surface area contributed by atoms with Crippen molar-refractivity contribution in [2.75, 3.05) is 13.2 Å². The molecule has 0 bridgehead atoms. The van der Waals surface area contributed by atoms with Crippen LogP contribution in [0, 0.1) is 5.41 Å². The van der Waals surface area contributed by atoms with Gasteiger partial charge < -0.3 is 14.8 Å². The fourth-order valence-electron chi connectivity index (χ4n) is 4.58. The Hall–Kier alpha value is -3.05. The van der Waals surface area contributed by atoms with Gasteiger partial charge in [-0.3, -0.25) is 4.79 Å². The summed E-state index contributed by atoms with van der Waals surface area (Å²) in [6, 6.07) is 16.7. The molecule has 1 N–H and O–H groups in total. The maximum absolute atomic E-state index is 13.3. The summed E-state index contributed by atoms with van der Waals surface area (Å²) in [5, 5.41) is 3.94. The van der Waals surface area contributed by atoms with Crippen LogP contribution in [0.15, 0.2) is 77.1 Å². The fourth-order valence-corrected chi connectivity index (χ4v) is 4.71. The average molecular weight is 466 g/mol. The van der Waals surface area contributed by atoms with Crippen molar-refractivity contribution in [3.05, 3.63) is 87.7 Å². The molecule has 1 atom stereocenters. The number of hydrogen-bond acceptors (Lipinski definition) is 5. The van der Waals surface area contributed by atoms with Crippen molar-refractivity contribution in [1.82, 2.24) is 5.32 Å². The van der Waals surface area contributed by atoms with E-state index in [1.165, 1.54) is 0 Å². The van der Waals surface area contributed by atoms with Gasteiger partial charge in [0.05, 0.1) is 5.57 Å². The SMILES string of the molecule is CC1=C(C(=O)OCCOc2ccccc2)[C@H](c2ccc(Cl)cc2)C2=C(CC(C)(C)CC2=O)N1. The van der Waals surface area contributed by atoms with E-state index in [4.69, 9.17) is 21.1 Å². The third kappa shape index (κ3) is 5.14. The molecule has 1 aliphatic carbocycles. The van der Waals surface area contributed by atoms with E-state index in [0.29, 0.717) is 34.0 Å². The van der Waals surface area contributed by atoms with Gasteiger partial charge in [-0.2, -0.15) is 0 Å². The molecule has 33 heavy (non-hydrogen) atoms. The predicted molar refractivity (Wildman–Crippen MR) is 128 cm³/mol. The minimum Gasteiger partial charge on any atom is -0.490 e. The zero-order valence-electron chi connectivity index (χ0n) is 19.1. The number of nitrogens with one attached hydrogen (secondary N) is 1. The molecule has 2 aliphatic rings. The molecule has 0 aromatic heterocycles. The molecular weight excluding hydrogens is 438 g/mol. The van der Waals surface area contributed by atoms with Gasteiger partial charge in [-0.05, 0) is 48.6 Å². The lowest BCUT2D eigenvalue weighted by Gasteiger charge is -2.39. The van der Waals surface area contributed by atoms with Gasteiger partial charge in [0.1, 0.15) is 19.0 Å². The van der Waals surface area contributed by atoms with Crippen molar-refractivity contribution in [2.45, 2.75) is 39.5 Å². The van der Waals surface area contributed by atoms with Crippen LogP contribution in [-0.2, 0) is 14.3 Å². The van der Waals surface area contributed by atoms with E-state index in [1.807, 2.05) is 49.4 Å². The first kappa shape index (κ1) is 23.1. The first-order valence-corrected chi connectivity index (χ1v) is 11.5. The standard InChI is InChI=1S/C27H28ClNO4/c1-17-23(26(31)33-14-13-32-20-7-5-4-6-8-20)24(18-9-11-19(28)12-10-18)25-21(29-17)15-27(2,3)16-22(25)30/h4-12,24,29H,13-16H2,1-3H3/t24-/m0/s1. The van der Waals surface area contributed by atoms with Gasteiger partial charge in [0, 0.05) is 34.3 Å². The smallest absolute Gasteiger partial charge is 0.336 e. The number of Topliss-reactive ketones (excluding diaryl/α,β-unsaturated/α-hetero) is 1. The predicted octanol–water partition coefficient (Wildman–Crippen LogP) is 5.57. The summed E-state index contributed by atoms with van der Waals surface area (Å²) in [6.45, 7) is 6.37. The van der Waals surface area contributed by atoms with E-state index in [-0.39, 0.29) is 24.4 Å². The highest BCUT2D eigenvalue weighted by molar-refractivity contribution is 6.30. The lowest BCUT2D eigenvalue weighted by molar-refractivity contribution is -0.140. The molecule has 1 aliphatic heterocycles. The number of esters is 1. The molecule has 2 aromatic rings. The summed E-state index contributed by atoms with van der Waals surface area (Å²) < 4.78 is 11.2.